The van der Waals surface area contributed by atoms with Gasteiger partial charge in [-0.2, -0.15) is 0 Å². The Morgan fingerprint density at radius 3 is 2.40 bits per heavy atom. The van der Waals surface area contributed by atoms with Gasteiger partial charge in [0.1, 0.15) is 5.75 Å². The predicted octanol–water partition coefficient (Wildman–Crippen LogP) is 2.75. The summed E-state index contributed by atoms with van der Waals surface area (Å²) in [7, 11) is 0. The van der Waals surface area contributed by atoms with Crippen molar-refractivity contribution in [2.75, 3.05) is 5.88 Å². The van der Waals surface area contributed by atoms with Crippen molar-refractivity contribution < 1.29 is 5.11 Å². The molecule has 15 heavy (non-hydrogen) atoms. The van der Waals surface area contributed by atoms with E-state index < -0.39 is 0 Å². The second-order valence-corrected chi connectivity index (χ2v) is 4.28. The van der Waals surface area contributed by atoms with Crippen LogP contribution in [0.2, 0.25) is 0 Å². The zero-order valence-corrected chi connectivity index (χ0v) is 9.96. The summed E-state index contributed by atoms with van der Waals surface area (Å²) >= 11 is 5.78. The summed E-state index contributed by atoms with van der Waals surface area (Å²) in [4.78, 5) is 0. The van der Waals surface area contributed by atoms with Crippen LogP contribution in [0.1, 0.15) is 19.4 Å². The normalized spacial score (nSPS) is 14.9. The van der Waals surface area contributed by atoms with Crippen molar-refractivity contribution >= 4 is 11.6 Å². The molecule has 1 aromatic carbocycles. The third kappa shape index (κ3) is 4.10. The fraction of sp³-hybridized carbons (Fsp3) is 0.500. The average molecular weight is 228 g/mol. The second-order valence-electron chi connectivity index (χ2n) is 3.97. The highest BCUT2D eigenvalue weighted by molar-refractivity contribution is 6.18. The molecule has 0 saturated heterocycles. The lowest BCUT2D eigenvalue weighted by molar-refractivity contribution is 0.429. The minimum absolute atomic E-state index is 0.306. The molecule has 0 radical (unpaired) electrons. The number of rotatable bonds is 5. The number of benzene rings is 1. The summed E-state index contributed by atoms with van der Waals surface area (Å²) in [6, 6.07) is 7.64. The first kappa shape index (κ1) is 12.3. The summed E-state index contributed by atoms with van der Waals surface area (Å²) in [6.07, 6.45) is 0. The van der Waals surface area contributed by atoms with Crippen molar-refractivity contribution in [1.82, 2.24) is 5.32 Å². The van der Waals surface area contributed by atoms with E-state index in [2.05, 4.69) is 19.2 Å². The number of aromatic hydroxyl groups is 1. The van der Waals surface area contributed by atoms with Crippen molar-refractivity contribution in [1.29, 1.82) is 0 Å². The molecule has 1 rings (SSSR count). The van der Waals surface area contributed by atoms with Gasteiger partial charge in [0, 0.05) is 18.5 Å². The molecule has 0 saturated carbocycles. The van der Waals surface area contributed by atoms with E-state index in [-0.39, 0.29) is 0 Å². The molecule has 0 aliphatic heterocycles. The Morgan fingerprint density at radius 2 is 1.87 bits per heavy atom. The van der Waals surface area contributed by atoms with Gasteiger partial charge in [0.15, 0.2) is 0 Å². The van der Waals surface area contributed by atoms with Crippen LogP contribution in [-0.4, -0.2) is 17.0 Å². The van der Waals surface area contributed by atoms with E-state index >= 15 is 0 Å². The van der Waals surface area contributed by atoms with Gasteiger partial charge in [-0.25, -0.2) is 0 Å². The first-order chi connectivity index (χ1) is 7.13. The molecule has 84 valence electrons. The van der Waals surface area contributed by atoms with Crippen LogP contribution in [-0.2, 0) is 6.54 Å². The molecule has 2 unspecified atom stereocenters. The molecular weight excluding hydrogens is 210 g/mol. The zero-order valence-electron chi connectivity index (χ0n) is 9.20. The van der Waals surface area contributed by atoms with E-state index in [1.807, 2.05) is 12.1 Å². The van der Waals surface area contributed by atoms with Crippen LogP contribution < -0.4 is 5.32 Å². The van der Waals surface area contributed by atoms with Crippen LogP contribution in [0.3, 0.4) is 0 Å². The Hall–Kier alpha value is -0.730. The van der Waals surface area contributed by atoms with Crippen LogP contribution in [0.4, 0.5) is 0 Å². The topological polar surface area (TPSA) is 32.3 Å². The van der Waals surface area contributed by atoms with Crippen molar-refractivity contribution in [2.45, 2.75) is 26.4 Å². The van der Waals surface area contributed by atoms with Crippen molar-refractivity contribution in [3.05, 3.63) is 29.8 Å². The van der Waals surface area contributed by atoms with Crippen LogP contribution in [0.5, 0.6) is 5.75 Å². The molecule has 0 aromatic heterocycles. The highest BCUT2D eigenvalue weighted by atomic mass is 35.5. The SMILES string of the molecule is CC(CCl)C(C)NCc1ccc(O)cc1. The maximum atomic E-state index is 9.12. The number of phenolic OH excluding ortho intramolecular Hbond substituents is 1. The number of hydrogen-bond donors (Lipinski definition) is 2. The van der Waals surface area contributed by atoms with Crippen LogP contribution in [0.25, 0.3) is 0 Å². The zero-order chi connectivity index (χ0) is 11.3. The molecule has 0 heterocycles. The minimum Gasteiger partial charge on any atom is -0.508 e. The Labute approximate surface area is 96.3 Å². The van der Waals surface area contributed by atoms with Gasteiger partial charge in [0.25, 0.3) is 0 Å². The van der Waals surface area contributed by atoms with Gasteiger partial charge in [-0.05, 0) is 30.5 Å². The molecule has 0 aliphatic carbocycles. The molecule has 2 atom stereocenters. The van der Waals surface area contributed by atoms with Gasteiger partial charge in [0.2, 0.25) is 0 Å². The first-order valence-electron chi connectivity index (χ1n) is 5.20. The standard InChI is InChI=1S/C12H18ClNO/c1-9(7-13)10(2)14-8-11-3-5-12(15)6-4-11/h3-6,9-10,14-15H,7-8H2,1-2H3. The van der Waals surface area contributed by atoms with Crippen LogP contribution in [0, 0.1) is 5.92 Å². The minimum atomic E-state index is 0.306. The van der Waals surface area contributed by atoms with E-state index in [4.69, 9.17) is 16.7 Å². The molecule has 0 spiro atoms. The Morgan fingerprint density at radius 1 is 1.27 bits per heavy atom. The third-order valence-electron chi connectivity index (χ3n) is 2.66. The van der Waals surface area contributed by atoms with E-state index in [1.165, 1.54) is 5.56 Å². The quantitative estimate of drug-likeness (QED) is 0.759. The molecule has 2 nitrogen and oxygen atoms in total. The Bertz CT molecular complexity index is 286. The molecular formula is C12H18ClNO. The highest BCUT2D eigenvalue weighted by Crippen LogP contribution is 2.10. The third-order valence-corrected chi connectivity index (χ3v) is 3.15. The summed E-state index contributed by atoms with van der Waals surface area (Å²) in [6.45, 7) is 5.07. The monoisotopic (exact) mass is 227 g/mol. The van der Waals surface area contributed by atoms with Gasteiger partial charge >= 0.3 is 0 Å². The Kier molecular flexibility index (Phi) is 4.92. The van der Waals surface area contributed by atoms with Crippen molar-refractivity contribution in [3.8, 4) is 5.75 Å². The van der Waals surface area contributed by atoms with Gasteiger partial charge in [-0.15, -0.1) is 11.6 Å². The average Bonchev–Trinajstić information content (AvgIpc) is 2.26. The van der Waals surface area contributed by atoms with Crippen molar-refractivity contribution in [2.24, 2.45) is 5.92 Å². The number of phenols is 1. The highest BCUT2D eigenvalue weighted by Gasteiger charge is 2.09. The number of alkyl halides is 1. The number of halogens is 1. The molecule has 2 N–H and O–H groups in total. The summed E-state index contributed by atoms with van der Waals surface area (Å²) in [5.41, 5.74) is 1.17. The molecule has 0 fully saturated rings. The van der Waals surface area contributed by atoms with E-state index in [9.17, 15) is 0 Å². The molecule has 0 amide bonds. The molecule has 3 heteroatoms. The maximum Gasteiger partial charge on any atom is 0.115 e. The van der Waals surface area contributed by atoms with Crippen molar-refractivity contribution in [3.63, 3.8) is 0 Å². The predicted molar refractivity (Wildman–Crippen MR) is 64.3 cm³/mol. The smallest absolute Gasteiger partial charge is 0.115 e. The second kappa shape index (κ2) is 5.99. The first-order valence-corrected chi connectivity index (χ1v) is 5.74. The molecule has 0 aliphatic rings. The van der Waals surface area contributed by atoms with Crippen LogP contribution >= 0.6 is 11.6 Å². The Balaban J connectivity index is 2.40. The van der Waals surface area contributed by atoms with Gasteiger partial charge in [-0.1, -0.05) is 19.1 Å². The lowest BCUT2D eigenvalue weighted by atomic mass is 10.1. The summed E-state index contributed by atoms with van der Waals surface area (Å²) in [5, 5.41) is 12.5. The molecule has 1 aromatic rings. The van der Waals surface area contributed by atoms with Gasteiger partial charge in [-0.3, -0.25) is 0 Å². The van der Waals surface area contributed by atoms with E-state index in [0.717, 1.165) is 6.54 Å². The lowest BCUT2D eigenvalue weighted by Gasteiger charge is -2.19. The van der Waals surface area contributed by atoms with Crippen LogP contribution in [0.15, 0.2) is 24.3 Å². The maximum absolute atomic E-state index is 9.12. The van der Waals surface area contributed by atoms with E-state index in [0.29, 0.717) is 23.6 Å². The summed E-state index contributed by atoms with van der Waals surface area (Å²) < 4.78 is 0. The van der Waals surface area contributed by atoms with Gasteiger partial charge < -0.3 is 10.4 Å². The van der Waals surface area contributed by atoms with Gasteiger partial charge in [0.05, 0.1) is 0 Å². The van der Waals surface area contributed by atoms with E-state index in [1.54, 1.807) is 12.1 Å². The fourth-order valence-electron chi connectivity index (χ4n) is 1.23. The largest absolute Gasteiger partial charge is 0.508 e. The fourth-order valence-corrected chi connectivity index (χ4v) is 1.49. The molecule has 0 bridgehead atoms. The summed E-state index contributed by atoms with van der Waals surface area (Å²) in [5.74, 6) is 1.44. The number of nitrogens with one attached hydrogen (secondary N) is 1. The number of hydrogen-bond acceptors (Lipinski definition) is 2. The lowest BCUT2D eigenvalue weighted by Crippen LogP contribution is -2.32.